The molecule has 0 rings (SSSR count). The second-order valence-electron chi connectivity index (χ2n) is 8.79. The molecule has 0 fully saturated rings. The van der Waals surface area contributed by atoms with Gasteiger partial charge in [-0.05, 0) is 38.8 Å². The van der Waals surface area contributed by atoms with Crippen molar-refractivity contribution in [2.75, 3.05) is 13.1 Å². The predicted octanol–water partition coefficient (Wildman–Crippen LogP) is 7.49. The Morgan fingerprint density at radius 2 is 0.714 bits per heavy atom. The van der Waals surface area contributed by atoms with Crippen molar-refractivity contribution < 1.29 is 13.2 Å². The second-order valence-corrected chi connectivity index (χ2v) is 8.79. The van der Waals surface area contributed by atoms with Crippen LogP contribution in [0, 0.1) is 5.41 Å². The summed E-state index contributed by atoms with van der Waals surface area (Å²) in [6.07, 6.45) is 13.4. The molecule has 5 heteroatoms. The highest BCUT2D eigenvalue weighted by Gasteiger charge is 2.49. The Kier molecular flexibility index (Phi) is 17.4. The van der Waals surface area contributed by atoms with Crippen LogP contribution in [0.2, 0.25) is 0 Å². The molecule has 28 heavy (non-hydrogen) atoms. The van der Waals surface area contributed by atoms with Gasteiger partial charge < -0.3 is 11.5 Å². The average Bonchev–Trinajstić information content (AvgIpc) is 2.64. The minimum atomic E-state index is -4.09. The molecule has 0 unspecified atom stereocenters. The molecular formula is C23H47F3N2. The summed E-state index contributed by atoms with van der Waals surface area (Å²) in [6.45, 7) is 2.95. The maximum atomic E-state index is 13.6. The Morgan fingerprint density at radius 3 is 0.964 bits per heavy atom. The smallest absolute Gasteiger partial charge is 0.330 e. The van der Waals surface area contributed by atoms with Crippen LogP contribution in [0.15, 0.2) is 0 Å². The standard InChI is InChI=1S/C23H47F3N2/c1-22(23(24,25)26,18-14-10-6-2-4-8-12-16-20-27)19-15-11-7-3-5-9-13-17-21-28/h2-21,27-28H2,1H3. The number of rotatable bonds is 20. The molecular weight excluding hydrogens is 361 g/mol. The molecule has 170 valence electrons. The van der Waals surface area contributed by atoms with Crippen LogP contribution in [0.4, 0.5) is 13.2 Å². The molecule has 0 spiro atoms. The van der Waals surface area contributed by atoms with Crippen LogP contribution in [0.25, 0.3) is 0 Å². The zero-order valence-corrected chi connectivity index (χ0v) is 18.4. The van der Waals surface area contributed by atoms with E-state index in [0.29, 0.717) is 12.8 Å². The first-order chi connectivity index (χ1) is 13.4. The van der Waals surface area contributed by atoms with Gasteiger partial charge in [-0.2, -0.15) is 13.2 Å². The Labute approximate surface area is 172 Å². The number of unbranched alkanes of at least 4 members (excludes halogenated alkanes) is 14. The lowest BCUT2D eigenvalue weighted by Gasteiger charge is -2.32. The highest BCUT2D eigenvalue weighted by atomic mass is 19.4. The van der Waals surface area contributed by atoms with Crippen molar-refractivity contribution in [3.05, 3.63) is 0 Å². The quantitative estimate of drug-likeness (QED) is 0.205. The summed E-state index contributed by atoms with van der Waals surface area (Å²) in [5.74, 6) is 0. The van der Waals surface area contributed by atoms with Crippen molar-refractivity contribution >= 4 is 0 Å². The topological polar surface area (TPSA) is 52.0 Å². The highest BCUT2D eigenvalue weighted by molar-refractivity contribution is 4.82. The number of nitrogens with two attached hydrogens (primary N) is 2. The molecule has 0 aliphatic rings. The van der Waals surface area contributed by atoms with Crippen molar-refractivity contribution in [1.82, 2.24) is 0 Å². The molecule has 0 aromatic carbocycles. The van der Waals surface area contributed by atoms with Crippen LogP contribution >= 0.6 is 0 Å². The minimum absolute atomic E-state index is 0.281. The van der Waals surface area contributed by atoms with Gasteiger partial charge in [0.05, 0.1) is 5.41 Å². The van der Waals surface area contributed by atoms with Crippen LogP contribution in [0.5, 0.6) is 0 Å². The van der Waals surface area contributed by atoms with Gasteiger partial charge in [0, 0.05) is 0 Å². The SMILES string of the molecule is CC(CCCCCCCCCCN)(CCCCCCCCCCN)C(F)(F)F. The van der Waals surface area contributed by atoms with E-state index in [1.807, 2.05) is 0 Å². The number of hydrogen-bond donors (Lipinski definition) is 2. The summed E-state index contributed by atoms with van der Waals surface area (Å²) >= 11 is 0. The molecule has 0 aromatic rings. The normalized spacial score (nSPS) is 12.6. The van der Waals surface area contributed by atoms with E-state index in [2.05, 4.69) is 0 Å². The van der Waals surface area contributed by atoms with E-state index in [4.69, 9.17) is 11.5 Å². The van der Waals surface area contributed by atoms with E-state index >= 15 is 0 Å². The first-order valence-corrected chi connectivity index (χ1v) is 11.8. The lowest BCUT2D eigenvalue weighted by molar-refractivity contribution is -0.223. The maximum Gasteiger partial charge on any atom is 0.394 e. The molecule has 0 bridgehead atoms. The summed E-state index contributed by atoms with van der Waals surface area (Å²) in [5, 5.41) is 0. The molecule has 0 aliphatic heterocycles. The lowest BCUT2D eigenvalue weighted by atomic mass is 9.79. The van der Waals surface area contributed by atoms with Gasteiger partial charge in [-0.15, -0.1) is 0 Å². The van der Waals surface area contributed by atoms with E-state index in [1.54, 1.807) is 0 Å². The van der Waals surface area contributed by atoms with E-state index in [9.17, 15) is 13.2 Å². The van der Waals surface area contributed by atoms with Gasteiger partial charge in [0.2, 0.25) is 0 Å². The van der Waals surface area contributed by atoms with E-state index in [0.717, 1.165) is 64.5 Å². The van der Waals surface area contributed by atoms with Crippen molar-refractivity contribution in [1.29, 1.82) is 0 Å². The third-order valence-corrected chi connectivity index (χ3v) is 6.05. The largest absolute Gasteiger partial charge is 0.394 e. The van der Waals surface area contributed by atoms with E-state index in [1.165, 1.54) is 45.4 Å². The number of hydrogen-bond acceptors (Lipinski definition) is 2. The van der Waals surface area contributed by atoms with Gasteiger partial charge in [0.15, 0.2) is 0 Å². The summed E-state index contributed by atoms with van der Waals surface area (Å²) < 4.78 is 40.7. The zero-order valence-electron chi connectivity index (χ0n) is 18.4. The Bertz CT molecular complexity index is 310. The van der Waals surface area contributed by atoms with Crippen LogP contribution in [-0.4, -0.2) is 19.3 Å². The summed E-state index contributed by atoms with van der Waals surface area (Å²) in [5.41, 5.74) is 9.44. The Morgan fingerprint density at radius 1 is 0.464 bits per heavy atom. The predicted molar refractivity (Wildman–Crippen MR) is 115 cm³/mol. The van der Waals surface area contributed by atoms with Crippen molar-refractivity contribution in [2.45, 2.75) is 129 Å². The number of alkyl halides is 3. The van der Waals surface area contributed by atoms with Crippen LogP contribution in [-0.2, 0) is 0 Å². The summed E-state index contributed by atoms with van der Waals surface area (Å²) in [4.78, 5) is 0. The van der Waals surface area contributed by atoms with Crippen molar-refractivity contribution in [3.8, 4) is 0 Å². The van der Waals surface area contributed by atoms with E-state index in [-0.39, 0.29) is 12.8 Å². The van der Waals surface area contributed by atoms with Crippen molar-refractivity contribution in [3.63, 3.8) is 0 Å². The molecule has 0 heterocycles. The van der Waals surface area contributed by atoms with Gasteiger partial charge in [-0.25, -0.2) is 0 Å². The maximum absolute atomic E-state index is 13.6. The van der Waals surface area contributed by atoms with Crippen LogP contribution < -0.4 is 11.5 Å². The lowest BCUT2D eigenvalue weighted by Crippen LogP contribution is -2.35. The van der Waals surface area contributed by atoms with Gasteiger partial charge in [0.25, 0.3) is 0 Å². The molecule has 2 nitrogen and oxygen atoms in total. The zero-order chi connectivity index (χ0) is 21.1. The third kappa shape index (κ3) is 14.7. The van der Waals surface area contributed by atoms with E-state index < -0.39 is 11.6 Å². The fraction of sp³-hybridized carbons (Fsp3) is 1.00. The Balaban J connectivity index is 3.86. The van der Waals surface area contributed by atoms with Gasteiger partial charge in [-0.1, -0.05) is 96.8 Å². The van der Waals surface area contributed by atoms with Crippen molar-refractivity contribution in [2.24, 2.45) is 16.9 Å². The second kappa shape index (κ2) is 17.6. The molecule has 0 saturated carbocycles. The molecule has 0 radical (unpaired) electrons. The van der Waals surface area contributed by atoms with Gasteiger partial charge in [-0.3, -0.25) is 0 Å². The first kappa shape index (κ1) is 27.7. The van der Waals surface area contributed by atoms with Crippen LogP contribution in [0.1, 0.15) is 122 Å². The molecule has 0 saturated heterocycles. The van der Waals surface area contributed by atoms with Gasteiger partial charge in [0.1, 0.15) is 0 Å². The summed E-state index contributed by atoms with van der Waals surface area (Å²) in [6, 6.07) is 0. The number of halogens is 3. The fourth-order valence-corrected chi connectivity index (χ4v) is 3.85. The molecule has 0 amide bonds. The summed E-state index contributed by atoms with van der Waals surface area (Å²) in [7, 11) is 0. The third-order valence-electron chi connectivity index (χ3n) is 6.05. The first-order valence-electron chi connectivity index (χ1n) is 11.8. The monoisotopic (exact) mass is 408 g/mol. The highest BCUT2D eigenvalue weighted by Crippen LogP contribution is 2.46. The Hall–Kier alpha value is -0.290. The molecule has 0 aromatic heterocycles. The van der Waals surface area contributed by atoms with Gasteiger partial charge >= 0.3 is 6.18 Å². The molecule has 4 N–H and O–H groups in total. The van der Waals surface area contributed by atoms with Crippen LogP contribution in [0.3, 0.4) is 0 Å². The molecule has 0 aliphatic carbocycles. The molecule has 0 atom stereocenters. The minimum Gasteiger partial charge on any atom is -0.330 e. The fourth-order valence-electron chi connectivity index (χ4n) is 3.85. The average molecular weight is 409 g/mol.